The molecule has 0 saturated carbocycles. The van der Waals surface area contributed by atoms with Crippen molar-refractivity contribution < 1.29 is 32.3 Å². The van der Waals surface area contributed by atoms with Gasteiger partial charge in [0.1, 0.15) is 11.6 Å². The number of nitrogens with one attached hydrogen (secondary N) is 1. The Bertz CT molecular complexity index is 995. The van der Waals surface area contributed by atoms with Crippen molar-refractivity contribution in [3.05, 3.63) is 29.8 Å². The molecule has 1 saturated heterocycles. The Balaban J connectivity index is 1.94. The highest BCUT2D eigenvalue weighted by Gasteiger charge is 2.32. The van der Waals surface area contributed by atoms with Crippen LogP contribution in [-0.2, 0) is 29.1 Å². The molecule has 1 aliphatic heterocycles. The first-order valence-corrected chi connectivity index (χ1v) is 13.0. The van der Waals surface area contributed by atoms with Crippen LogP contribution < -0.4 is 5.32 Å². The van der Waals surface area contributed by atoms with Gasteiger partial charge in [0.05, 0.1) is 18.6 Å². The maximum atomic E-state index is 12.8. The predicted octanol–water partition coefficient (Wildman–Crippen LogP) is 2.31. The van der Waals surface area contributed by atoms with Gasteiger partial charge in [0.25, 0.3) is 0 Å². The fraction of sp³-hybridized carbons (Fsp3) is 0.625. The first kappa shape index (κ1) is 28.6. The number of sulfonamides is 1. The number of carbonyl (C=O) groups excluding carboxylic acids is 3. The summed E-state index contributed by atoms with van der Waals surface area (Å²) in [6.07, 6.45) is 1.25. The first-order valence-electron chi connectivity index (χ1n) is 11.6. The van der Waals surface area contributed by atoms with E-state index >= 15 is 0 Å². The van der Waals surface area contributed by atoms with E-state index in [9.17, 15) is 22.8 Å². The zero-order chi connectivity index (χ0) is 26.4. The number of likely N-dealkylation sites (N-methyl/N-ethyl adjacent to an activating group) is 1. The van der Waals surface area contributed by atoms with Crippen molar-refractivity contribution in [2.75, 3.05) is 33.8 Å². The van der Waals surface area contributed by atoms with E-state index in [2.05, 4.69) is 5.32 Å². The second-order valence-electron chi connectivity index (χ2n) is 9.86. The average molecular weight is 512 g/mol. The first-order chi connectivity index (χ1) is 16.2. The third kappa shape index (κ3) is 8.50. The predicted molar refractivity (Wildman–Crippen MR) is 130 cm³/mol. The van der Waals surface area contributed by atoms with Gasteiger partial charge in [-0.05, 0) is 65.0 Å². The zero-order valence-corrected chi connectivity index (χ0v) is 22.2. The molecule has 196 valence electrons. The van der Waals surface area contributed by atoms with Crippen molar-refractivity contribution in [1.29, 1.82) is 0 Å². The molecular formula is C24H37N3O7S. The SMILES string of the molecule is COC(=O)C(CC1CCN(C(=O)OC(C)(C)C)CC1)NC(=O)CN(C)S(=O)(=O)c1ccc(C)cc1. The molecule has 1 heterocycles. The van der Waals surface area contributed by atoms with Gasteiger partial charge in [0.15, 0.2) is 0 Å². The van der Waals surface area contributed by atoms with Crippen LogP contribution in [0, 0.1) is 12.8 Å². The summed E-state index contributed by atoms with van der Waals surface area (Å²) in [4.78, 5) is 39.0. The smallest absolute Gasteiger partial charge is 0.410 e. The minimum Gasteiger partial charge on any atom is -0.467 e. The van der Waals surface area contributed by atoms with Crippen LogP contribution in [0.5, 0.6) is 0 Å². The molecule has 1 unspecified atom stereocenters. The number of esters is 1. The molecule has 0 bridgehead atoms. The molecule has 0 spiro atoms. The monoisotopic (exact) mass is 511 g/mol. The quantitative estimate of drug-likeness (QED) is 0.532. The summed E-state index contributed by atoms with van der Waals surface area (Å²) < 4.78 is 36.7. The Morgan fingerprint density at radius 2 is 1.71 bits per heavy atom. The molecule has 10 nitrogen and oxygen atoms in total. The lowest BCUT2D eigenvalue weighted by Gasteiger charge is -2.34. The molecule has 1 aromatic carbocycles. The number of ether oxygens (including phenoxy) is 2. The molecule has 1 aliphatic rings. The summed E-state index contributed by atoms with van der Waals surface area (Å²) in [5, 5.41) is 2.62. The number of benzene rings is 1. The van der Waals surface area contributed by atoms with Crippen molar-refractivity contribution in [1.82, 2.24) is 14.5 Å². The minimum atomic E-state index is -3.86. The lowest BCUT2D eigenvalue weighted by atomic mass is 9.90. The van der Waals surface area contributed by atoms with Gasteiger partial charge >= 0.3 is 12.1 Å². The van der Waals surface area contributed by atoms with Crippen LogP contribution >= 0.6 is 0 Å². The van der Waals surface area contributed by atoms with E-state index < -0.39 is 40.1 Å². The van der Waals surface area contributed by atoms with Gasteiger partial charge < -0.3 is 19.7 Å². The van der Waals surface area contributed by atoms with Gasteiger partial charge in [0, 0.05) is 20.1 Å². The molecular weight excluding hydrogens is 474 g/mol. The number of hydrogen-bond donors (Lipinski definition) is 1. The molecule has 2 rings (SSSR count). The summed E-state index contributed by atoms with van der Waals surface area (Å²) in [5.74, 6) is -1.13. The lowest BCUT2D eigenvalue weighted by molar-refractivity contribution is -0.145. The molecule has 1 fully saturated rings. The number of amides is 2. The van der Waals surface area contributed by atoms with E-state index in [4.69, 9.17) is 9.47 Å². The molecule has 2 amide bonds. The van der Waals surface area contributed by atoms with Gasteiger partial charge in [0.2, 0.25) is 15.9 Å². The van der Waals surface area contributed by atoms with Gasteiger partial charge in [-0.1, -0.05) is 17.7 Å². The van der Waals surface area contributed by atoms with Crippen LogP contribution in [0.3, 0.4) is 0 Å². The second-order valence-corrected chi connectivity index (χ2v) is 11.9. The van der Waals surface area contributed by atoms with Gasteiger partial charge in [-0.2, -0.15) is 4.31 Å². The van der Waals surface area contributed by atoms with E-state index in [-0.39, 0.29) is 16.9 Å². The Morgan fingerprint density at radius 3 is 2.23 bits per heavy atom. The number of hydrogen-bond acceptors (Lipinski definition) is 7. The summed E-state index contributed by atoms with van der Waals surface area (Å²) in [5.41, 5.74) is 0.344. The van der Waals surface area contributed by atoms with E-state index in [1.165, 1.54) is 26.3 Å². The van der Waals surface area contributed by atoms with Crippen LogP contribution in [0.2, 0.25) is 0 Å². The average Bonchev–Trinajstić information content (AvgIpc) is 2.77. The molecule has 35 heavy (non-hydrogen) atoms. The maximum absolute atomic E-state index is 12.8. The van der Waals surface area contributed by atoms with E-state index in [0.29, 0.717) is 32.4 Å². The molecule has 1 atom stereocenters. The second kappa shape index (κ2) is 11.9. The number of piperidine rings is 1. The normalized spacial score (nSPS) is 16.0. The van der Waals surface area contributed by atoms with Crippen LogP contribution in [0.15, 0.2) is 29.2 Å². The van der Waals surface area contributed by atoms with Crippen molar-refractivity contribution in [3.8, 4) is 0 Å². The van der Waals surface area contributed by atoms with Crippen molar-refractivity contribution >= 4 is 28.0 Å². The Morgan fingerprint density at radius 1 is 1.14 bits per heavy atom. The molecule has 1 aromatic rings. The molecule has 0 aliphatic carbocycles. The van der Waals surface area contributed by atoms with E-state index in [1.807, 2.05) is 27.7 Å². The molecule has 11 heteroatoms. The largest absolute Gasteiger partial charge is 0.467 e. The van der Waals surface area contributed by atoms with Gasteiger partial charge in [-0.3, -0.25) is 4.79 Å². The summed E-state index contributed by atoms with van der Waals surface area (Å²) in [6, 6.07) is 5.42. The van der Waals surface area contributed by atoms with Crippen LogP contribution in [-0.4, -0.2) is 81.0 Å². The number of rotatable bonds is 8. The highest BCUT2D eigenvalue weighted by molar-refractivity contribution is 7.89. The fourth-order valence-corrected chi connectivity index (χ4v) is 4.91. The lowest BCUT2D eigenvalue weighted by Crippen LogP contribution is -2.48. The number of methoxy groups -OCH3 is 1. The third-order valence-corrected chi connectivity index (χ3v) is 7.57. The maximum Gasteiger partial charge on any atom is 0.410 e. The third-order valence-electron chi connectivity index (χ3n) is 5.75. The number of carbonyl (C=O) groups is 3. The summed E-state index contributed by atoms with van der Waals surface area (Å²) in [7, 11) is -1.31. The topological polar surface area (TPSA) is 122 Å². The number of likely N-dealkylation sites (tertiary alicyclic amines) is 1. The molecule has 0 radical (unpaired) electrons. The standard InChI is InChI=1S/C24H37N3O7S/c1-17-7-9-19(10-8-17)35(31,32)26(5)16-21(28)25-20(22(29)33-6)15-18-11-13-27(14-12-18)23(30)34-24(2,3)4/h7-10,18,20H,11-16H2,1-6H3,(H,25,28). The Hall–Kier alpha value is -2.66. The summed E-state index contributed by atoms with van der Waals surface area (Å²) in [6.45, 7) is 7.81. The van der Waals surface area contributed by atoms with Crippen molar-refractivity contribution in [2.24, 2.45) is 5.92 Å². The Labute approximate surface area is 208 Å². The van der Waals surface area contributed by atoms with Crippen molar-refractivity contribution in [2.45, 2.75) is 63.5 Å². The molecule has 1 N–H and O–H groups in total. The van der Waals surface area contributed by atoms with E-state index in [0.717, 1.165) is 9.87 Å². The fourth-order valence-electron chi connectivity index (χ4n) is 3.78. The van der Waals surface area contributed by atoms with Crippen molar-refractivity contribution in [3.63, 3.8) is 0 Å². The van der Waals surface area contributed by atoms with Gasteiger partial charge in [-0.25, -0.2) is 18.0 Å². The van der Waals surface area contributed by atoms with Gasteiger partial charge in [-0.15, -0.1) is 0 Å². The van der Waals surface area contributed by atoms with Crippen LogP contribution in [0.25, 0.3) is 0 Å². The molecule has 0 aromatic heterocycles. The zero-order valence-electron chi connectivity index (χ0n) is 21.4. The minimum absolute atomic E-state index is 0.0760. The number of nitrogens with zero attached hydrogens (tertiary/aromatic N) is 2. The summed E-state index contributed by atoms with van der Waals surface area (Å²) >= 11 is 0. The number of aryl methyl sites for hydroxylation is 1. The highest BCUT2D eigenvalue weighted by Crippen LogP contribution is 2.24. The van der Waals surface area contributed by atoms with E-state index in [1.54, 1.807) is 17.0 Å². The van der Waals surface area contributed by atoms with Crippen LogP contribution in [0.1, 0.15) is 45.6 Å². The Kier molecular flexibility index (Phi) is 9.68. The highest BCUT2D eigenvalue weighted by atomic mass is 32.2. The van der Waals surface area contributed by atoms with Crippen LogP contribution in [0.4, 0.5) is 4.79 Å².